The molecule has 0 radical (unpaired) electrons. The van der Waals surface area contributed by atoms with Gasteiger partial charge in [0, 0.05) is 11.9 Å². The summed E-state index contributed by atoms with van der Waals surface area (Å²) >= 11 is 0. The maximum atomic E-state index is 12.7. The van der Waals surface area contributed by atoms with Gasteiger partial charge in [0.1, 0.15) is 5.69 Å². The molecule has 0 aliphatic rings. The largest absolute Gasteiger partial charge is 0.418 e. The van der Waals surface area contributed by atoms with Crippen LogP contribution in [0.25, 0.3) is 5.69 Å². The van der Waals surface area contributed by atoms with E-state index in [1.165, 1.54) is 18.3 Å². The van der Waals surface area contributed by atoms with Gasteiger partial charge in [-0.1, -0.05) is 0 Å². The fourth-order valence-electron chi connectivity index (χ4n) is 1.53. The van der Waals surface area contributed by atoms with Crippen molar-refractivity contribution < 1.29 is 18.0 Å². The number of nitrogens with two attached hydrogens (primary N) is 2. The van der Waals surface area contributed by atoms with Gasteiger partial charge < -0.3 is 11.5 Å². The van der Waals surface area contributed by atoms with E-state index in [0.29, 0.717) is 0 Å². The number of nitrogen functional groups attached to an aromatic ring is 1. The summed E-state index contributed by atoms with van der Waals surface area (Å²) in [5, 5.41) is 3.77. The van der Waals surface area contributed by atoms with Gasteiger partial charge in [-0.05, 0) is 24.3 Å². The minimum absolute atomic E-state index is 0.0367. The van der Waals surface area contributed by atoms with E-state index in [-0.39, 0.29) is 17.1 Å². The third kappa shape index (κ3) is 2.51. The van der Waals surface area contributed by atoms with Gasteiger partial charge >= 0.3 is 6.18 Å². The smallest absolute Gasteiger partial charge is 0.398 e. The van der Waals surface area contributed by atoms with Crippen LogP contribution in [0.2, 0.25) is 0 Å². The number of alkyl halides is 3. The van der Waals surface area contributed by atoms with Gasteiger partial charge in [0.25, 0.3) is 5.91 Å². The molecule has 2 rings (SSSR count). The van der Waals surface area contributed by atoms with Gasteiger partial charge in [-0.3, -0.25) is 4.79 Å². The van der Waals surface area contributed by atoms with Crippen molar-refractivity contribution in [2.45, 2.75) is 6.18 Å². The Hall–Kier alpha value is -2.51. The summed E-state index contributed by atoms with van der Waals surface area (Å²) in [5.74, 6) is -0.759. The summed E-state index contributed by atoms with van der Waals surface area (Å²) in [7, 11) is 0. The molecular weight excluding hydrogens is 261 g/mol. The predicted molar refractivity (Wildman–Crippen MR) is 61.5 cm³/mol. The number of carbonyl (C=O) groups is 1. The van der Waals surface area contributed by atoms with Crippen LogP contribution in [0.3, 0.4) is 0 Å². The summed E-state index contributed by atoms with van der Waals surface area (Å²) < 4.78 is 39.2. The molecule has 0 fully saturated rings. The van der Waals surface area contributed by atoms with E-state index >= 15 is 0 Å². The molecule has 1 aromatic carbocycles. The van der Waals surface area contributed by atoms with Gasteiger partial charge in [0.05, 0.1) is 11.3 Å². The molecule has 8 heteroatoms. The molecule has 2 aromatic rings. The third-order valence-corrected chi connectivity index (χ3v) is 2.45. The number of nitrogens with zero attached hydrogens (tertiary/aromatic N) is 2. The van der Waals surface area contributed by atoms with Crippen LogP contribution in [0.5, 0.6) is 0 Å². The monoisotopic (exact) mass is 270 g/mol. The van der Waals surface area contributed by atoms with Crippen molar-refractivity contribution in [3.8, 4) is 5.69 Å². The topological polar surface area (TPSA) is 86.9 Å². The van der Waals surface area contributed by atoms with Crippen molar-refractivity contribution >= 4 is 11.6 Å². The lowest BCUT2D eigenvalue weighted by atomic mass is 10.1. The number of hydrogen-bond donors (Lipinski definition) is 2. The number of anilines is 1. The highest BCUT2D eigenvalue weighted by molar-refractivity contribution is 5.90. The molecule has 4 N–H and O–H groups in total. The number of amides is 1. The first kappa shape index (κ1) is 12.9. The Labute approximate surface area is 105 Å². The van der Waals surface area contributed by atoms with Crippen molar-refractivity contribution in [1.29, 1.82) is 0 Å². The van der Waals surface area contributed by atoms with E-state index in [2.05, 4.69) is 5.10 Å². The highest BCUT2D eigenvalue weighted by atomic mass is 19.4. The number of halogens is 3. The average molecular weight is 270 g/mol. The van der Waals surface area contributed by atoms with Gasteiger partial charge in [0.15, 0.2) is 0 Å². The first-order valence-electron chi connectivity index (χ1n) is 5.11. The second-order valence-corrected chi connectivity index (χ2v) is 3.78. The fourth-order valence-corrected chi connectivity index (χ4v) is 1.53. The second kappa shape index (κ2) is 4.30. The molecule has 5 nitrogen and oxygen atoms in total. The Balaban J connectivity index is 2.48. The average Bonchev–Trinajstić information content (AvgIpc) is 2.77. The summed E-state index contributed by atoms with van der Waals surface area (Å²) in [4.78, 5) is 10.9. The van der Waals surface area contributed by atoms with Crippen molar-refractivity contribution in [1.82, 2.24) is 9.78 Å². The van der Waals surface area contributed by atoms with Crippen LogP contribution in [0, 0.1) is 0 Å². The minimum Gasteiger partial charge on any atom is -0.398 e. The van der Waals surface area contributed by atoms with Crippen LogP contribution in [0.4, 0.5) is 18.9 Å². The highest BCUT2D eigenvalue weighted by Crippen LogP contribution is 2.34. The first-order chi connectivity index (χ1) is 8.79. The zero-order valence-corrected chi connectivity index (χ0v) is 9.48. The molecule has 1 amide bonds. The summed E-state index contributed by atoms with van der Waals surface area (Å²) in [6.45, 7) is 0. The Morgan fingerprint density at radius 2 is 1.95 bits per heavy atom. The van der Waals surface area contributed by atoms with E-state index < -0.39 is 17.6 Å². The van der Waals surface area contributed by atoms with E-state index in [1.54, 1.807) is 0 Å². The van der Waals surface area contributed by atoms with Gasteiger partial charge in [-0.2, -0.15) is 18.3 Å². The molecule has 0 saturated heterocycles. The summed E-state index contributed by atoms with van der Waals surface area (Å²) in [6, 6.07) is 4.66. The quantitative estimate of drug-likeness (QED) is 0.812. The number of rotatable bonds is 2. The SMILES string of the molecule is NC(=O)c1ccn(-c2ccc(N)c(C(F)(F)F)c2)n1. The first-order valence-corrected chi connectivity index (χ1v) is 5.11. The number of primary amides is 1. The Bertz CT molecular complexity index is 633. The van der Waals surface area contributed by atoms with Crippen LogP contribution in [0.1, 0.15) is 16.1 Å². The molecule has 100 valence electrons. The number of aromatic nitrogens is 2. The lowest BCUT2D eigenvalue weighted by Gasteiger charge is -2.11. The summed E-state index contributed by atoms with van der Waals surface area (Å²) in [6.07, 6.45) is -3.22. The molecule has 1 heterocycles. The summed E-state index contributed by atoms with van der Waals surface area (Å²) in [5.41, 5.74) is 9.06. The molecule has 19 heavy (non-hydrogen) atoms. The molecule has 0 saturated carbocycles. The molecule has 0 spiro atoms. The number of carbonyl (C=O) groups excluding carboxylic acids is 1. The zero-order chi connectivity index (χ0) is 14.2. The van der Waals surface area contributed by atoms with E-state index in [9.17, 15) is 18.0 Å². The van der Waals surface area contributed by atoms with Crippen LogP contribution in [-0.2, 0) is 6.18 Å². The standard InChI is InChI=1S/C11H9F3N4O/c12-11(13,14)7-5-6(1-2-8(7)15)18-4-3-9(17-18)10(16)19/h1-5H,15H2,(H2,16,19). The van der Waals surface area contributed by atoms with Gasteiger partial charge in [-0.15, -0.1) is 0 Å². The molecule has 0 bridgehead atoms. The van der Waals surface area contributed by atoms with E-state index in [1.807, 2.05) is 0 Å². The predicted octanol–water partition coefficient (Wildman–Crippen LogP) is 1.57. The maximum absolute atomic E-state index is 12.7. The van der Waals surface area contributed by atoms with Crippen molar-refractivity contribution in [2.24, 2.45) is 5.73 Å². The molecule has 0 atom stereocenters. The number of hydrogen-bond acceptors (Lipinski definition) is 3. The van der Waals surface area contributed by atoms with Crippen LogP contribution >= 0.6 is 0 Å². The van der Waals surface area contributed by atoms with Gasteiger partial charge in [0.2, 0.25) is 0 Å². The molecule has 0 aliphatic heterocycles. The van der Waals surface area contributed by atoms with E-state index in [4.69, 9.17) is 11.5 Å². The second-order valence-electron chi connectivity index (χ2n) is 3.78. The maximum Gasteiger partial charge on any atom is 0.418 e. The normalized spacial score (nSPS) is 11.5. The fraction of sp³-hybridized carbons (Fsp3) is 0.0909. The Morgan fingerprint density at radius 1 is 1.26 bits per heavy atom. The van der Waals surface area contributed by atoms with Crippen LogP contribution in [0.15, 0.2) is 30.5 Å². The van der Waals surface area contributed by atoms with Gasteiger partial charge in [-0.25, -0.2) is 4.68 Å². The molecule has 1 aromatic heterocycles. The lowest BCUT2D eigenvalue weighted by molar-refractivity contribution is -0.136. The van der Waals surface area contributed by atoms with Crippen molar-refractivity contribution in [3.63, 3.8) is 0 Å². The Morgan fingerprint density at radius 3 is 2.47 bits per heavy atom. The lowest BCUT2D eigenvalue weighted by Crippen LogP contribution is -2.13. The van der Waals surface area contributed by atoms with Crippen LogP contribution in [-0.4, -0.2) is 15.7 Å². The Kier molecular flexibility index (Phi) is 2.93. The van der Waals surface area contributed by atoms with E-state index in [0.717, 1.165) is 16.8 Å². The number of benzene rings is 1. The minimum atomic E-state index is -4.56. The molecule has 0 aliphatic carbocycles. The molecular formula is C11H9F3N4O. The third-order valence-electron chi connectivity index (χ3n) is 2.45. The highest BCUT2D eigenvalue weighted by Gasteiger charge is 2.33. The molecule has 0 unspecified atom stereocenters. The van der Waals surface area contributed by atoms with Crippen molar-refractivity contribution in [2.75, 3.05) is 5.73 Å². The van der Waals surface area contributed by atoms with Crippen LogP contribution < -0.4 is 11.5 Å². The van der Waals surface area contributed by atoms with Crippen molar-refractivity contribution in [3.05, 3.63) is 41.7 Å². The zero-order valence-electron chi connectivity index (χ0n) is 9.48.